The van der Waals surface area contributed by atoms with E-state index in [0.717, 1.165) is 11.3 Å². The number of carbonyl (C=O) groups excluding carboxylic acids is 1. The maximum Gasteiger partial charge on any atom is 0.265 e. The lowest BCUT2D eigenvalue weighted by Gasteiger charge is -2.17. The SMILES string of the molecule is COc1ccc(OC)c(-n2c3c(cc(-c4nc(-c5ccc(Cl)cc5)cs4)c2=O)C(=O)CC3)c1. The molecule has 0 fully saturated rings. The van der Waals surface area contributed by atoms with Crippen molar-refractivity contribution in [1.82, 2.24) is 9.55 Å². The van der Waals surface area contributed by atoms with Gasteiger partial charge in [-0.1, -0.05) is 23.7 Å². The van der Waals surface area contributed by atoms with E-state index < -0.39 is 0 Å². The van der Waals surface area contributed by atoms with Crippen LogP contribution >= 0.6 is 22.9 Å². The number of rotatable bonds is 5. The second-order valence-corrected chi connectivity index (χ2v) is 8.86. The summed E-state index contributed by atoms with van der Waals surface area (Å²) in [7, 11) is 3.11. The Morgan fingerprint density at radius 3 is 2.48 bits per heavy atom. The van der Waals surface area contributed by atoms with Crippen LogP contribution in [0.5, 0.6) is 11.5 Å². The van der Waals surface area contributed by atoms with Crippen LogP contribution in [0.15, 0.2) is 58.7 Å². The summed E-state index contributed by atoms with van der Waals surface area (Å²) in [5.74, 6) is 1.11. The maximum absolute atomic E-state index is 13.8. The van der Waals surface area contributed by atoms with E-state index >= 15 is 0 Å². The van der Waals surface area contributed by atoms with Crippen molar-refractivity contribution in [2.75, 3.05) is 14.2 Å². The van der Waals surface area contributed by atoms with E-state index in [1.54, 1.807) is 55.2 Å². The van der Waals surface area contributed by atoms with Crippen molar-refractivity contribution in [1.29, 1.82) is 0 Å². The number of ether oxygens (including phenoxy) is 2. The average Bonchev–Trinajstić information content (AvgIpc) is 3.46. The Kier molecular flexibility index (Phi) is 5.52. The number of methoxy groups -OCH3 is 2. The molecule has 0 atom stereocenters. The van der Waals surface area contributed by atoms with Crippen LogP contribution in [0.1, 0.15) is 22.5 Å². The molecule has 0 aliphatic heterocycles. The summed E-state index contributed by atoms with van der Waals surface area (Å²) in [6.45, 7) is 0. The number of carbonyl (C=O) groups is 1. The summed E-state index contributed by atoms with van der Waals surface area (Å²) in [6.07, 6.45) is 0.844. The van der Waals surface area contributed by atoms with Crippen molar-refractivity contribution in [2.24, 2.45) is 0 Å². The topological polar surface area (TPSA) is 70.4 Å². The van der Waals surface area contributed by atoms with Crippen LogP contribution in [0.25, 0.3) is 27.5 Å². The Morgan fingerprint density at radius 2 is 1.76 bits per heavy atom. The highest BCUT2D eigenvalue weighted by Crippen LogP contribution is 2.34. The number of ketones is 1. The van der Waals surface area contributed by atoms with Gasteiger partial charge in [-0.15, -0.1) is 11.3 Å². The lowest BCUT2D eigenvalue weighted by molar-refractivity contribution is 0.0994. The van der Waals surface area contributed by atoms with Crippen molar-refractivity contribution in [3.8, 4) is 39.0 Å². The second-order valence-electron chi connectivity index (χ2n) is 7.56. The first-order valence-corrected chi connectivity index (χ1v) is 11.5. The molecule has 0 saturated heterocycles. The van der Waals surface area contributed by atoms with Gasteiger partial charge >= 0.3 is 0 Å². The molecule has 0 amide bonds. The minimum Gasteiger partial charge on any atom is -0.497 e. The molecular formula is C25H19ClN2O4S. The fourth-order valence-corrected chi connectivity index (χ4v) is 5.00. The smallest absolute Gasteiger partial charge is 0.265 e. The summed E-state index contributed by atoms with van der Waals surface area (Å²) < 4.78 is 12.5. The van der Waals surface area contributed by atoms with Gasteiger partial charge in [0.05, 0.1) is 31.2 Å². The molecule has 2 aromatic heterocycles. The number of thiazole rings is 1. The summed E-state index contributed by atoms with van der Waals surface area (Å²) in [4.78, 5) is 31.2. The molecule has 2 heterocycles. The van der Waals surface area contributed by atoms with Gasteiger partial charge in [0.1, 0.15) is 16.5 Å². The number of benzene rings is 2. The molecule has 1 aliphatic carbocycles. The third kappa shape index (κ3) is 3.73. The molecule has 4 aromatic rings. The molecule has 5 rings (SSSR count). The first-order chi connectivity index (χ1) is 16.0. The Balaban J connectivity index is 1.72. The van der Waals surface area contributed by atoms with Crippen molar-refractivity contribution in [3.05, 3.63) is 80.5 Å². The van der Waals surface area contributed by atoms with Crippen molar-refractivity contribution < 1.29 is 14.3 Å². The van der Waals surface area contributed by atoms with Gasteiger partial charge in [-0.25, -0.2) is 4.98 Å². The van der Waals surface area contributed by atoms with Gasteiger partial charge in [0.2, 0.25) is 0 Å². The van der Waals surface area contributed by atoms with Crippen LogP contribution < -0.4 is 15.0 Å². The Labute approximate surface area is 199 Å². The highest BCUT2D eigenvalue weighted by atomic mass is 35.5. The number of aromatic nitrogens is 2. The van der Waals surface area contributed by atoms with Crippen molar-refractivity contribution >= 4 is 28.7 Å². The number of fused-ring (bicyclic) bond motifs is 1. The van der Waals surface area contributed by atoms with Crippen molar-refractivity contribution in [3.63, 3.8) is 0 Å². The molecule has 33 heavy (non-hydrogen) atoms. The van der Waals surface area contributed by atoms with Gasteiger partial charge in [-0.3, -0.25) is 14.2 Å². The molecule has 0 unspecified atom stereocenters. The van der Waals surface area contributed by atoms with Gasteiger partial charge < -0.3 is 9.47 Å². The highest BCUT2D eigenvalue weighted by molar-refractivity contribution is 7.13. The Morgan fingerprint density at radius 1 is 0.970 bits per heavy atom. The fourth-order valence-electron chi connectivity index (χ4n) is 4.04. The third-order valence-corrected chi connectivity index (χ3v) is 6.82. The minimum atomic E-state index is -0.257. The molecule has 0 radical (unpaired) electrons. The number of pyridine rings is 1. The first kappa shape index (κ1) is 21.4. The third-order valence-electron chi connectivity index (χ3n) is 5.69. The van der Waals surface area contributed by atoms with Crippen LogP contribution in [0.2, 0.25) is 5.02 Å². The first-order valence-electron chi connectivity index (χ1n) is 10.3. The quantitative estimate of drug-likeness (QED) is 0.382. The van der Waals surface area contributed by atoms with Crippen LogP contribution in [0, 0.1) is 0 Å². The Bertz CT molecular complexity index is 1440. The molecule has 0 N–H and O–H groups in total. The van der Waals surface area contributed by atoms with E-state index in [1.807, 2.05) is 17.5 Å². The molecule has 2 aromatic carbocycles. The number of halogens is 1. The summed E-state index contributed by atoms with van der Waals surface area (Å²) in [5.41, 5.74) is 3.50. The van der Waals surface area contributed by atoms with E-state index in [2.05, 4.69) is 0 Å². The van der Waals surface area contributed by atoms with Gasteiger partial charge in [-0.2, -0.15) is 0 Å². The number of nitrogens with zero attached hydrogens (tertiary/aromatic N) is 2. The van der Waals surface area contributed by atoms with Gasteiger partial charge in [0.15, 0.2) is 5.78 Å². The number of hydrogen-bond acceptors (Lipinski definition) is 6. The molecule has 0 bridgehead atoms. The van der Waals surface area contributed by atoms with E-state index in [1.165, 1.54) is 11.3 Å². The monoisotopic (exact) mass is 478 g/mol. The van der Waals surface area contributed by atoms with Crippen LogP contribution in [0.3, 0.4) is 0 Å². The van der Waals surface area contributed by atoms with Crippen LogP contribution in [0.4, 0.5) is 0 Å². The number of Topliss-reactive ketones (excluding diaryl/α,β-unsaturated/α-hetero) is 1. The molecule has 166 valence electrons. The minimum absolute atomic E-state index is 0.0105. The lowest BCUT2D eigenvalue weighted by Crippen LogP contribution is -2.24. The zero-order valence-electron chi connectivity index (χ0n) is 17.9. The molecule has 0 saturated carbocycles. The van der Waals surface area contributed by atoms with Gasteiger partial charge in [0, 0.05) is 39.7 Å². The van der Waals surface area contributed by atoms with E-state index in [0.29, 0.717) is 56.9 Å². The summed E-state index contributed by atoms with van der Waals surface area (Å²) in [6, 6.07) is 14.3. The van der Waals surface area contributed by atoms with Crippen LogP contribution in [-0.2, 0) is 6.42 Å². The average molecular weight is 479 g/mol. The highest BCUT2D eigenvalue weighted by Gasteiger charge is 2.28. The predicted molar refractivity (Wildman–Crippen MR) is 129 cm³/mol. The summed E-state index contributed by atoms with van der Waals surface area (Å²) >= 11 is 7.36. The van der Waals surface area contributed by atoms with Crippen molar-refractivity contribution in [2.45, 2.75) is 12.8 Å². The largest absolute Gasteiger partial charge is 0.497 e. The summed E-state index contributed by atoms with van der Waals surface area (Å²) in [5, 5.41) is 3.08. The van der Waals surface area contributed by atoms with E-state index in [4.69, 9.17) is 26.1 Å². The predicted octanol–water partition coefficient (Wildman–Crippen LogP) is 5.43. The maximum atomic E-state index is 13.8. The van der Waals surface area contributed by atoms with Gasteiger partial charge in [-0.05, 0) is 36.8 Å². The molecular weight excluding hydrogens is 460 g/mol. The standard InChI is InChI=1S/C25H19ClN2O4S/c1-31-16-7-10-23(32-2)21(11-16)28-20-8-9-22(29)17(20)12-18(25(28)30)24-27-19(13-33-24)14-3-5-15(26)6-4-14/h3-7,10-13H,8-9H2,1-2H3. The molecule has 1 aliphatic rings. The molecule has 0 spiro atoms. The lowest BCUT2D eigenvalue weighted by atomic mass is 10.1. The normalized spacial score (nSPS) is 12.6. The van der Waals surface area contributed by atoms with E-state index in [-0.39, 0.29) is 11.3 Å². The zero-order chi connectivity index (χ0) is 23.1. The Hall–Kier alpha value is -3.42. The second kappa shape index (κ2) is 8.50. The van der Waals surface area contributed by atoms with Gasteiger partial charge in [0.25, 0.3) is 5.56 Å². The van der Waals surface area contributed by atoms with Crippen LogP contribution in [-0.4, -0.2) is 29.6 Å². The zero-order valence-corrected chi connectivity index (χ0v) is 19.5. The number of hydrogen-bond donors (Lipinski definition) is 0. The molecule has 8 heteroatoms. The van der Waals surface area contributed by atoms with E-state index in [9.17, 15) is 9.59 Å². The fraction of sp³-hybridized carbons (Fsp3) is 0.160. The molecule has 6 nitrogen and oxygen atoms in total.